The number of carbonyl (C=O) groups is 1. The van der Waals surface area contributed by atoms with Crippen LogP contribution in [0.5, 0.6) is 0 Å². The maximum Gasteiger partial charge on any atom is 0.338 e. The number of anilines is 1. The number of nitrogens with one attached hydrogen (secondary N) is 1. The lowest BCUT2D eigenvalue weighted by molar-refractivity contribution is -0.0253. The Morgan fingerprint density at radius 1 is 0.550 bits per heavy atom. The highest BCUT2D eigenvalue weighted by Gasteiger charge is 2.10. The molecule has 0 aliphatic carbocycles. The molecule has 0 saturated carbocycles. The molecule has 1 atom stereocenters. The van der Waals surface area contributed by atoms with Crippen LogP contribution in [-0.2, 0) is 60.3 Å². The molecule has 0 fully saturated rings. The predicted molar refractivity (Wildman–Crippen MR) is 236 cm³/mol. The average Bonchev–Trinajstić information content (AvgIpc) is 3.27. The number of nitrogens with zero attached hydrogens (tertiary/aromatic N) is 1. The van der Waals surface area contributed by atoms with Gasteiger partial charge >= 0.3 is 5.97 Å². The number of methoxy groups -OCH3 is 1. The molecule has 0 aliphatic rings. The van der Waals surface area contributed by atoms with Crippen molar-refractivity contribution in [1.82, 2.24) is 4.90 Å². The first-order valence-electron chi connectivity index (χ1n) is 21.4. The zero-order valence-corrected chi connectivity index (χ0v) is 36.9. The largest absolute Gasteiger partial charge is 0.460 e. The third-order valence-electron chi connectivity index (χ3n) is 8.88. The fourth-order valence-corrected chi connectivity index (χ4v) is 5.33. The van der Waals surface area contributed by atoms with Crippen LogP contribution in [0.3, 0.4) is 0 Å². The molecule has 1 N–H and O–H groups in total. The van der Waals surface area contributed by atoms with E-state index in [-0.39, 0.29) is 12.6 Å². The summed E-state index contributed by atoms with van der Waals surface area (Å²) in [5.41, 5.74) is 4.30. The lowest BCUT2D eigenvalue weighted by Gasteiger charge is -2.24. The van der Waals surface area contributed by atoms with E-state index < -0.39 is 0 Å². The Kier molecular flexibility index (Phi) is 33.8. The molecule has 338 valence electrons. The molecule has 3 rings (SSSR count). The Morgan fingerprint density at radius 3 is 1.37 bits per heavy atom. The molecule has 0 saturated heterocycles. The first-order valence-corrected chi connectivity index (χ1v) is 21.4. The third-order valence-corrected chi connectivity index (χ3v) is 8.88. The molecule has 0 heterocycles. The monoisotopic (exact) mass is 843 g/mol. The van der Waals surface area contributed by atoms with Crippen LogP contribution in [0.1, 0.15) is 48.2 Å². The second kappa shape index (κ2) is 38.5. The van der Waals surface area contributed by atoms with Crippen molar-refractivity contribution in [3.8, 4) is 0 Å². The van der Waals surface area contributed by atoms with Gasteiger partial charge in [-0.2, -0.15) is 0 Å². The number of ether oxygens (including phenoxy) is 10. The zero-order chi connectivity index (χ0) is 43.0. The molecular weight excluding hydrogens is 769 g/mol. The minimum absolute atomic E-state index is 0.194. The standard InChI is InChI=1S/C30H53NO11.C17H21N/c1-3-4-9-31-29-7-5-28(6-8-29)30(32)42-27-26-41-25-24-40-23-22-39-21-20-38-19-18-37-17-16-36-15-14-35-13-12-34-11-10-33-2;1-15(13-16-9-5-3-6-10-16)18(2)14-17-11-7-4-8-12-17/h5-8,31H,3-4,9-27H2,1-2H3;3-12,15H,13-14H2,1-2H3/t;15-/m.0/s1. The minimum Gasteiger partial charge on any atom is -0.460 e. The lowest BCUT2D eigenvalue weighted by Crippen LogP contribution is -2.30. The molecule has 0 amide bonds. The highest BCUT2D eigenvalue weighted by molar-refractivity contribution is 5.89. The van der Waals surface area contributed by atoms with Gasteiger partial charge in [0.2, 0.25) is 0 Å². The van der Waals surface area contributed by atoms with Crippen molar-refractivity contribution in [1.29, 1.82) is 0 Å². The summed E-state index contributed by atoms with van der Waals surface area (Å²) in [6.45, 7) is 15.0. The number of likely N-dealkylation sites (N-methyl/N-ethyl adjacent to an activating group) is 1. The Bertz CT molecular complexity index is 1330. The van der Waals surface area contributed by atoms with Crippen LogP contribution in [0.25, 0.3) is 0 Å². The van der Waals surface area contributed by atoms with E-state index in [0.717, 1.165) is 38.0 Å². The summed E-state index contributed by atoms with van der Waals surface area (Å²) in [5, 5.41) is 3.32. The molecular formula is C47H74N2O11. The first kappa shape index (κ1) is 52.7. The van der Waals surface area contributed by atoms with Gasteiger partial charge < -0.3 is 52.7 Å². The van der Waals surface area contributed by atoms with Crippen molar-refractivity contribution in [2.24, 2.45) is 0 Å². The van der Waals surface area contributed by atoms with Crippen molar-refractivity contribution >= 4 is 11.7 Å². The van der Waals surface area contributed by atoms with E-state index in [0.29, 0.717) is 124 Å². The van der Waals surface area contributed by atoms with Gasteiger partial charge in [0.15, 0.2) is 0 Å². The molecule has 0 radical (unpaired) electrons. The van der Waals surface area contributed by atoms with Crippen molar-refractivity contribution in [3.05, 3.63) is 102 Å². The van der Waals surface area contributed by atoms with Crippen LogP contribution < -0.4 is 5.32 Å². The number of hydrogen-bond acceptors (Lipinski definition) is 13. The Morgan fingerprint density at radius 2 is 0.950 bits per heavy atom. The zero-order valence-electron chi connectivity index (χ0n) is 36.9. The summed E-state index contributed by atoms with van der Waals surface area (Å²) in [5.74, 6) is -0.358. The summed E-state index contributed by atoms with van der Waals surface area (Å²) < 4.78 is 53.5. The summed E-state index contributed by atoms with van der Waals surface area (Å²) in [4.78, 5) is 14.5. The van der Waals surface area contributed by atoms with Gasteiger partial charge in [-0.25, -0.2) is 4.79 Å². The Hall–Kier alpha value is -3.47. The van der Waals surface area contributed by atoms with Gasteiger partial charge in [0.25, 0.3) is 0 Å². The Balaban J connectivity index is 0.000000566. The molecule has 0 bridgehead atoms. The maximum absolute atomic E-state index is 12.1. The van der Waals surface area contributed by atoms with Gasteiger partial charge in [-0.3, -0.25) is 4.90 Å². The molecule has 60 heavy (non-hydrogen) atoms. The van der Waals surface area contributed by atoms with E-state index >= 15 is 0 Å². The smallest absolute Gasteiger partial charge is 0.338 e. The van der Waals surface area contributed by atoms with Crippen LogP contribution in [0.4, 0.5) is 5.69 Å². The predicted octanol–water partition coefficient (Wildman–Crippen LogP) is 6.58. The van der Waals surface area contributed by atoms with Gasteiger partial charge in [-0.15, -0.1) is 0 Å². The molecule has 13 nitrogen and oxygen atoms in total. The highest BCUT2D eigenvalue weighted by Crippen LogP contribution is 2.12. The fraction of sp³-hybridized carbons (Fsp3) is 0.596. The van der Waals surface area contributed by atoms with E-state index in [2.05, 4.69) is 91.8 Å². The number of esters is 1. The molecule has 0 unspecified atom stereocenters. The van der Waals surface area contributed by atoms with E-state index in [4.69, 9.17) is 47.4 Å². The molecule has 0 aliphatic heterocycles. The molecule has 0 aromatic heterocycles. The maximum atomic E-state index is 12.1. The van der Waals surface area contributed by atoms with E-state index in [1.54, 1.807) is 19.2 Å². The second-order valence-corrected chi connectivity index (χ2v) is 13.8. The van der Waals surface area contributed by atoms with Gasteiger partial charge in [-0.1, -0.05) is 74.0 Å². The number of hydrogen-bond donors (Lipinski definition) is 1. The van der Waals surface area contributed by atoms with E-state index in [1.807, 2.05) is 12.1 Å². The first-order chi connectivity index (χ1) is 29.5. The van der Waals surface area contributed by atoms with Gasteiger partial charge in [-0.05, 0) is 62.2 Å². The average molecular weight is 843 g/mol. The molecule has 13 heteroatoms. The number of rotatable bonds is 37. The van der Waals surface area contributed by atoms with Crippen molar-refractivity contribution in [3.63, 3.8) is 0 Å². The van der Waals surface area contributed by atoms with Gasteiger partial charge in [0.05, 0.1) is 118 Å². The SMILES string of the molecule is CCCCNc1ccc(C(=O)OCCOCCOCCOCCOCCOCCOCCOCCOCCOC)cc1.C[C@@H](Cc1ccccc1)N(C)Cc1ccccc1. The van der Waals surface area contributed by atoms with Crippen LogP contribution in [0.2, 0.25) is 0 Å². The minimum atomic E-state index is -0.358. The second-order valence-electron chi connectivity index (χ2n) is 13.8. The lowest BCUT2D eigenvalue weighted by atomic mass is 10.1. The summed E-state index contributed by atoms with van der Waals surface area (Å²) in [7, 11) is 3.84. The quantitative estimate of drug-likeness (QED) is 0.0497. The van der Waals surface area contributed by atoms with Crippen LogP contribution in [0.15, 0.2) is 84.9 Å². The number of unbranched alkanes of at least 4 members (excludes halogenated alkanes) is 1. The summed E-state index contributed by atoms with van der Waals surface area (Å²) in [6, 6.07) is 29.2. The normalized spacial score (nSPS) is 11.6. The van der Waals surface area contributed by atoms with Crippen molar-refractivity contribution in [2.75, 3.05) is 145 Å². The van der Waals surface area contributed by atoms with E-state index in [1.165, 1.54) is 11.1 Å². The summed E-state index contributed by atoms with van der Waals surface area (Å²) in [6.07, 6.45) is 3.35. The number of carbonyl (C=O) groups excluding carboxylic acids is 1. The van der Waals surface area contributed by atoms with Crippen LogP contribution in [-0.4, -0.2) is 157 Å². The molecule has 0 spiro atoms. The van der Waals surface area contributed by atoms with Gasteiger partial charge in [0, 0.05) is 31.9 Å². The van der Waals surface area contributed by atoms with Crippen molar-refractivity contribution < 1.29 is 52.2 Å². The summed E-state index contributed by atoms with van der Waals surface area (Å²) >= 11 is 0. The molecule has 3 aromatic carbocycles. The number of benzene rings is 3. The van der Waals surface area contributed by atoms with Crippen LogP contribution >= 0.6 is 0 Å². The molecule has 3 aromatic rings. The van der Waals surface area contributed by atoms with E-state index in [9.17, 15) is 4.79 Å². The van der Waals surface area contributed by atoms with Crippen molar-refractivity contribution in [2.45, 2.75) is 45.7 Å². The fourth-order valence-electron chi connectivity index (χ4n) is 5.33. The topological polar surface area (TPSA) is 125 Å². The third kappa shape index (κ3) is 29.7. The van der Waals surface area contributed by atoms with Crippen LogP contribution in [0, 0.1) is 0 Å². The highest BCUT2D eigenvalue weighted by atomic mass is 16.6. The Labute approximate surface area is 360 Å². The van der Waals surface area contributed by atoms with Gasteiger partial charge in [0.1, 0.15) is 6.61 Å².